The van der Waals surface area contributed by atoms with Gasteiger partial charge in [0.15, 0.2) is 0 Å². The van der Waals surface area contributed by atoms with Gasteiger partial charge in [0.05, 0.1) is 17.6 Å². The minimum Gasteiger partial charge on any atom is -0.494 e. The predicted molar refractivity (Wildman–Crippen MR) is 133 cm³/mol. The number of halogens is 1. The van der Waals surface area contributed by atoms with Crippen molar-refractivity contribution in [3.8, 4) is 5.75 Å². The van der Waals surface area contributed by atoms with Crippen LogP contribution in [0.15, 0.2) is 72.8 Å². The molecule has 0 fully saturated rings. The third kappa shape index (κ3) is 6.14. The quantitative estimate of drug-likeness (QED) is 0.302. The molecule has 0 aliphatic carbocycles. The number of carbonyl (C=O) groups is 1. The summed E-state index contributed by atoms with van der Waals surface area (Å²) in [6, 6.07) is 23.2. The van der Waals surface area contributed by atoms with Crippen molar-refractivity contribution < 1.29 is 9.53 Å². The highest BCUT2D eigenvalue weighted by atomic mass is 35.5. The molecule has 0 aliphatic heterocycles. The molecule has 0 saturated heterocycles. The maximum atomic E-state index is 12.4. The van der Waals surface area contributed by atoms with Crippen LogP contribution >= 0.6 is 11.6 Å². The van der Waals surface area contributed by atoms with Crippen LogP contribution in [-0.2, 0) is 13.0 Å². The van der Waals surface area contributed by atoms with Gasteiger partial charge in [-0.25, -0.2) is 4.98 Å². The smallest absolute Gasteiger partial charge is 0.251 e. The Bertz CT molecular complexity index is 1220. The first-order valence-electron chi connectivity index (χ1n) is 11.3. The highest BCUT2D eigenvalue weighted by Gasteiger charge is 2.11. The molecule has 0 unspecified atom stereocenters. The Hall–Kier alpha value is -3.31. The van der Waals surface area contributed by atoms with Crippen molar-refractivity contribution in [3.05, 3.63) is 94.8 Å². The summed E-state index contributed by atoms with van der Waals surface area (Å²) < 4.78 is 8.11. The lowest BCUT2D eigenvalue weighted by Crippen LogP contribution is -2.25. The Morgan fingerprint density at radius 3 is 2.67 bits per heavy atom. The minimum absolute atomic E-state index is 0.0356. The van der Waals surface area contributed by atoms with Gasteiger partial charge >= 0.3 is 0 Å². The highest BCUT2D eigenvalue weighted by molar-refractivity contribution is 6.30. The second kappa shape index (κ2) is 11.0. The van der Waals surface area contributed by atoms with Gasteiger partial charge in [-0.1, -0.05) is 41.4 Å². The molecule has 0 radical (unpaired) electrons. The number of fused-ring (bicyclic) bond motifs is 1. The van der Waals surface area contributed by atoms with E-state index >= 15 is 0 Å². The van der Waals surface area contributed by atoms with E-state index < -0.39 is 0 Å². The van der Waals surface area contributed by atoms with E-state index in [4.69, 9.17) is 21.3 Å². The van der Waals surface area contributed by atoms with Crippen LogP contribution in [0.1, 0.15) is 34.6 Å². The zero-order valence-corrected chi connectivity index (χ0v) is 19.5. The van der Waals surface area contributed by atoms with E-state index in [0.717, 1.165) is 54.0 Å². The molecular weight excluding hydrogens is 434 g/mol. The average Bonchev–Trinajstić information content (AvgIpc) is 3.18. The molecule has 0 saturated carbocycles. The number of rotatable bonds is 10. The zero-order valence-electron chi connectivity index (χ0n) is 18.8. The molecule has 1 amide bonds. The standard InChI is InChI=1S/C27H28ClN3O2/c1-20-7-4-8-21(19-20)27(32)29-16-5-11-26-30-24-9-2-3-10-25(24)31(26)17-6-18-33-23-14-12-22(28)13-15-23/h2-4,7-10,12-15,19H,5-6,11,16-18H2,1H3,(H,29,32). The predicted octanol–water partition coefficient (Wildman–Crippen LogP) is 5.83. The Balaban J connectivity index is 1.32. The SMILES string of the molecule is Cc1cccc(C(=O)NCCCc2nc3ccccc3n2CCCOc2ccc(Cl)cc2)c1. The monoisotopic (exact) mass is 461 g/mol. The molecular formula is C27H28ClN3O2. The first-order valence-corrected chi connectivity index (χ1v) is 11.7. The summed E-state index contributed by atoms with van der Waals surface area (Å²) in [4.78, 5) is 17.2. The van der Waals surface area contributed by atoms with E-state index in [1.807, 2.05) is 73.7 Å². The molecule has 0 spiro atoms. The first kappa shape index (κ1) is 22.9. The molecule has 33 heavy (non-hydrogen) atoms. The number of imidazole rings is 1. The van der Waals surface area contributed by atoms with Gasteiger partial charge in [0.1, 0.15) is 11.6 Å². The van der Waals surface area contributed by atoms with E-state index in [1.54, 1.807) is 0 Å². The molecule has 4 aromatic rings. The van der Waals surface area contributed by atoms with Gasteiger partial charge in [-0.3, -0.25) is 4.79 Å². The van der Waals surface area contributed by atoms with Crippen LogP contribution in [0, 0.1) is 6.92 Å². The molecule has 0 bridgehead atoms. The van der Waals surface area contributed by atoms with Crippen molar-refractivity contribution in [1.29, 1.82) is 0 Å². The fourth-order valence-electron chi connectivity index (χ4n) is 3.85. The van der Waals surface area contributed by atoms with Crippen molar-refractivity contribution in [1.82, 2.24) is 14.9 Å². The number of nitrogens with zero attached hydrogens (tertiary/aromatic N) is 2. The number of carbonyl (C=O) groups excluding carboxylic acids is 1. The Morgan fingerprint density at radius 1 is 1.03 bits per heavy atom. The molecule has 1 aromatic heterocycles. The molecule has 4 rings (SSSR count). The Morgan fingerprint density at radius 2 is 1.85 bits per heavy atom. The maximum Gasteiger partial charge on any atom is 0.251 e. The van der Waals surface area contributed by atoms with Crippen molar-refractivity contribution in [2.45, 2.75) is 32.7 Å². The zero-order chi connectivity index (χ0) is 23.0. The summed E-state index contributed by atoms with van der Waals surface area (Å²) in [7, 11) is 0. The number of nitrogens with one attached hydrogen (secondary N) is 1. The number of hydrogen-bond acceptors (Lipinski definition) is 3. The number of ether oxygens (including phenoxy) is 1. The lowest BCUT2D eigenvalue weighted by molar-refractivity contribution is 0.0953. The summed E-state index contributed by atoms with van der Waals surface area (Å²) in [5.74, 6) is 1.82. The molecule has 1 N–H and O–H groups in total. The molecule has 0 aliphatic rings. The van der Waals surface area contributed by atoms with E-state index in [1.165, 1.54) is 0 Å². The Kier molecular flexibility index (Phi) is 7.63. The number of aryl methyl sites for hydroxylation is 3. The van der Waals surface area contributed by atoms with E-state index in [2.05, 4.69) is 16.0 Å². The second-order valence-electron chi connectivity index (χ2n) is 8.05. The van der Waals surface area contributed by atoms with Crippen LogP contribution in [0.3, 0.4) is 0 Å². The number of aromatic nitrogens is 2. The van der Waals surface area contributed by atoms with Crippen LogP contribution in [0.4, 0.5) is 0 Å². The molecule has 0 atom stereocenters. The average molecular weight is 462 g/mol. The third-order valence-corrected chi connectivity index (χ3v) is 5.74. The molecule has 170 valence electrons. The summed E-state index contributed by atoms with van der Waals surface area (Å²) >= 11 is 5.93. The molecule has 6 heteroatoms. The van der Waals surface area contributed by atoms with E-state index in [9.17, 15) is 4.79 Å². The van der Waals surface area contributed by atoms with Gasteiger partial charge < -0.3 is 14.6 Å². The third-order valence-electron chi connectivity index (χ3n) is 5.49. The van der Waals surface area contributed by atoms with Crippen molar-refractivity contribution >= 4 is 28.5 Å². The first-order chi connectivity index (χ1) is 16.1. The van der Waals surface area contributed by atoms with Crippen LogP contribution in [0.2, 0.25) is 5.02 Å². The number of benzene rings is 3. The number of amides is 1. The topological polar surface area (TPSA) is 56.2 Å². The lowest BCUT2D eigenvalue weighted by atomic mass is 10.1. The van der Waals surface area contributed by atoms with Crippen LogP contribution in [-0.4, -0.2) is 28.6 Å². The summed E-state index contributed by atoms with van der Waals surface area (Å²) in [6.45, 7) is 4.02. The van der Waals surface area contributed by atoms with Crippen LogP contribution < -0.4 is 10.1 Å². The number of para-hydroxylation sites is 2. The van der Waals surface area contributed by atoms with Crippen molar-refractivity contribution in [3.63, 3.8) is 0 Å². The summed E-state index contributed by atoms with van der Waals surface area (Å²) in [6.07, 6.45) is 2.48. The van der Waals surface area contributed by atoms with E-state index in [0.29, 0.717) is 23.7 Å². The van der Waals surface area contributed by atoms with Gasteiger partial charge in [0.2, 0.25) is 0 Å². The van der Waals surface area contributed by atoms with Crippen molar-refractivity contribution in [2.24, 2.45) is 0 Å². The fraction of sp³-hybridized carbons (Fsp3) is 0.259. The molecule has 5 nitrogen and oxygen atoms in total. The van der Waals surface area contributed by atoms with Gasteiger partial charge in [0, 0.05) is 30.1 Å². The second-order valence-corrected chi connectivity index (χ2v) is 8.49. The minimum atomic E-state index is -0.0356. The van der Waals surface area contributed by atoms with Crippen LogP contribution in [0.25, 0.3) is 11.0 Å². The van der Waals surface area contributed by atoms with E-state index in [-0.39, 0.29) is 5.91 Å². The lowest BCUT2D eigenvalue weighted by Gasteiger charge is -2.11. The molecule has 1 heterocycles. The normalized spacial score (nSPS) is 11.0. The maximum absolute atomic E-state index is 12.4. The fourth-order valence-corrected chi connectivity index (χ4v) is 3.97. The van der Waals surface area contributed by atoms with Crippen LogP contribution in [0.5, 0.6) is 5.75 Å². The Labute approximate surface area is 199 Å². The van der Waals surface area contributed by atoms with Gasteiger partial charge in [-0.05, 0) is 68.3 Å². The van der Waals surface area contributed by atoms with Crippen molar-refractivity contribution in [2.75, 3.05) is 13.2 Å². The van der Waals surface area contributed by atoms with Gasteiger partial charge in [0.25, 0.3) is 5.91 Å². The number of hydrogen-bond donors (Lipinski definition) is 1. The van der Waals surface area contributed by atoms with Gasteiger partial charge in [-0.15, -0.1) is 0 Å². The summed E-state index contributed by atoms with van der Waals surface area (Å²) in [5, 5.41) is 3.72. The largest absolute Gasteiger partial charge is 0.494 e. The van der Waals surface area contributed by atoms with Gasteiger partial charge in [-0.2, -0.15) is 0 Å². The highest BCUT2D eigenvalue weighted by Crippen LogP contribution is 2.19. The molecule has 3 aromatic carbocycles. The summed E-state index contributed by atoms with van der Waals surface area (Å²) in [5.41, 5.74) is 3.90.